The summed E-state index contributed by atoms with van der Waals surface area (Å²) in [5.41, 5.74) is 1.11. The van der Waals surface area contributed by atoms with Gasteiger partial charge in [0.25, 0.3) is 0 Å². The van der Waals surface area contributed by atoms with E-state index in [2.05, 4.69) is 24.5 Å². The molecule has 3 nitrogen and oxygen atoms in total. The second-order valence-electron chi connectivity index (χ2n) is 4.87. The van der Waals surface area contributed by atoms with E-state index in [-0.39, 0.29) is 11.9 Å². The van der Waals surface area contributed by atoms with Crippen LogP contribution in [-0.2, 0) is 11.3 Å². The molecular weight excluding hydrogens is 248 g/mol. The molecule has 100 valence electrons. The number of halogens is 1. The number of amides is 1. The Labute approximate surface area is 114 Å². The minimum Gasteiger partial charge on any atom is -0.354 e. The highest BCUT2D eigenvalue weighted by Crippen LogP contribution is 2.09. The fraction of sp³-hybridized carbons (Fsp3) is 0.500. The van der Waals surface area contributed by atoms with Crippen LogP contribution in [0.15, 0.2) is 24.3 Å². The number of carbonyl (C=O) groups excluding carboxylic acids is 1. The average molecular weight is 269 g/mol. The van der Waals surface area contributed by atoms with Crippen LogP contribution < -0.4 is 10.6 Å². The Hall–Kier alpha value is -1.06. The normalized spacial score (nSPS) is 12.5. The minimum absolute atomic E-state index is 0.0395. The number of hydrogen-bond donors (Lipinski definition) is 2. The summed E-state index contributed by atoms with van der Waals surface area (Å²) < 4.78 is 0. The van der Waals surface area contributed by atoms with Gasteiger partial charge in [0.05, 0.1) is 6.04 Å². The number of rotatable bonds is 6. The summed E-state index contributed by atoms with van der Waals surface area (Å²) in [6, 6.07) is 7.41. The number of benzene rings is 1. The lowest BCUT2D eigenvalue weighted by Crippen LogP contribution is -2.42. The van der Waals surface area contributed by atoms with E-state index in [0.29, 0.717) is 19.0 Å². The Bertz CT molecular complexity index is 376. The Morgan fingerprint density at radius 1 is 1.22 bits per heavy atom. The molecule has 1 aromatic rings. The van der Waals surface area contributed by atoms with Crippen molar-refractivity contribution in [2.45, 2.75) is 33.4 Å². The van der Waals surface area contributed by atoms with Crippen molar-refractivity contribution in [2.75, 3.05) is 6.54 Å². The third-order valence-corrected chi connectivity index (χ3v) is 2.86. The van der Waals surface area contributed by atoms with Gasteiger partial charge in [0.2, 0.25) is 5.91 Å². The number of hydrogen-bond acceptors (Lipinski definition) is 2. The van der Waals surface area contributed by atoms with Crippen LogP contribution in [0, 0.1) is 5.92 Å². The lowest BCUT2D eigenvalue weighted by Gasteiger charge is -2.15. The molecule has 1 atom stereocenters. The van der Waals surface area contributed by atoms with Crippen molar-refractivity contribution in [2.24, 2.45) is 5.92 Å². The topological polar surface area (TPSA) is 41.1 Å². The Balaban J connectivity index is 2.34. The van der Waals surface area contributed by atoms with Crippen molar-refractivity contribution in [3.05, 3.63) is 34.9 Å². The smallest absolute Gasteiger partial charge is 0.236 e. The first-order valence-electron chi connectivity index (χ1n) is 6.24. The van der Waals surface area contributed by atoms with Gasteiger partial charge in [-0.05, 0) is 30.5 Å². The molecule has 0 bridgehead atoms. The molecule has 0 aliphatic heterocycles. The van der Waals surface area contributed by atoms with Crippen LogP contribution in [0.25, 0.3) is 0 Å². The van der Waals surface area contributed by atoms with Crippen molar-refractivity contribution in [3.63, 3.8) is 0 Å². The van der Waals surface area contributed by atoms with Gasteiger partial charge in [-0.1, -0.05) is 37.6 Å². The molecule has 18 heavy (non-hydrogen) atoms. The molecule has 0 heterocycles. The summed E-state index contributed by atoms with van der Waals surface area (Å²) in [5.74, 6) is 0.509. The summed E-state index contributed by atoms with van der Waals surface area (Å²) in [6.07, 6.45) is 0. The molecule has 0 fully saturated rings. The van der Waals surface area contributed by atoms with Crippen molar-refractivity contribution in [1.29, 1.82) is 0 Å². The minimum atomic E-state index is -0.195. The van der Waals surface area contributed by atoms with Crippen LogP contribution in [0.2, 0.25) is 5.02 Å². The van der Waals surface area contributed by atoms with E-state index < -0.39 is 0 Å². The van der Waals surface area contributed by atoms with Gasteiger partial charge in [0.15, 0.2) is 0 Å². The third kappa shape index (κ3) is 5.52. The monoisotopic (exact) mass is 268 g/mol. The number of carbonyl (C=O) groups is 1. The summed E-state index contributed by atoms with van der Waals surface area (Å²) >= 11 is 5.81. The van der Waals surface area contributed by atoms with Gasteiger partial charge in [0.1, 0.15) is 0 Å². The standard InChI is InChI=1S/C14H21ClN2O/c1-10(2)8-17-14(18)11(3)16-9-12-4-6-13(15)7-5-12/h4-7,10-11,16H,8-9H2,1-3H3,(H,17,18). The van der Waals surface area contributed by atoms with Crippen molar-refractivity contribution < 1.29 is 4.79 Å². The summed E-state index contributed by atoms with van der Waals surface area (Å²) in [5, 5.41) is 6.82. The molecule has 0 aliphatic rings. The van der Waals surface area contributed by atoms with Crippen LogP contribution in [0.3, 0.4) is 0 Å². The maximum Gasteiger partial charge on any atom is 0.236 e. The lowest BCUT2D eigenvalue weighted by molar-refractivity contribution is -0.122. The zero-order valence-corrected chi connectivity index (χ0v) is 11.9. The fourth-order valence-electron chi connectivity index (χ4n) is 1.42. The Morgan fingerprint density at radius 3 is 2.39 bits per heavy atom. The van der Waals surface area contributed by atoms with Crippen LogP contribution in [0.5, 0.6) is 0 Å². The first kappa shape index (κ1) is 15.0. The zero-order valence-electron chi connectivity index (χ0n) is 11.2. The molecular formula is C14H21ClN2O. The largest absolute Gasteiger partial charge is 0.354 e. The van der Waals surface area contributed by atoms with Crippen LogP contribution in [-0.4, -0.2) is 18.5 Å². The van der Waals surface area contributed by atoms with Crippen molar-refractivity contribution in [3.8, 4) is 0 Å². The molecule has 0 spiro atoms. The maximum atomic E-state index is 11.7. The van der Waals surface area contributed by atoms with Crippen LogP contribution >= 0.6 is 11.6 Å². The molecule has 1 rings (SSSR count). The molecule has 2 N–H and O–H groups in total. The second kappa shape index (κ2) is 7.39. The maximum absolute atomic E-state index is 11.7. The van der Waals surface area contributed by atoms with Gasteiger partial charge in [0, 0.05) is 18.1 Å². The summed E-state index contributed by atoms with van der Waals surface area (Å²) in [4.78, 5) is 11.7. The SMILES string of the molecule is CC(C)CNC(=O)C(C)NCc1ccc(Cl)cc1. The van der Waals surface area contributed by atoms with E-state index in [0.717, 1.165) is 10.6 Å². The number of nitrogens with one attached hydrogen (secondary N) is 2. The average Bonchev–Trinajstić information content (AvgIpc) is 2.34. The third-order valence-electron chi connectivity index (χ3n) is 2.60. The van der Waals surface area contributed by atoms with Gasteiger partial charge < -0.3 is 10.6 Å². The molecule has 0 saturated heterocycles. The first-order valence-corrected chi connectivity index (χ1v) is 6.62. The van der Waals surface area contributed by atoms with Crippen LogP contribution in [0.4, 0.5) is 0 Å². The molecule has 1 unspecified atom stereocenters. The highest BCUT2D eigenvalue weighted by Gasteiger charge is 2.11. The van der Waals surface area contributed by atoms with E-state index in [1.54, 1.807) is 0 Å². The van der Waals surface area contributed by atoms with E-state index in [1.807, 2.05) is 31.2 Å². The van der Waals surface area contributed by atoms with E-state index in [1.165, 1.54) is 0 Å². The summed E-state index contributed by atoms with van der Waals surface area (Å²) in [6.45, 7) is 7.39. The molecule has 1 aromatic carbocycles. The second-order valence-corrected chi connectivity index (χ2v) is 5.30. The molecule has 4 heteroatoms. The molecule has 0 aliphatic carbocycles. The first-order chi connectivity index (χ1) is 8.49. The Morgan fingerprint density at radius 2 is 1.83 bits per heavy atom. The van der Waals surface area contributed by atoms with E-state index >= 15 is 0 Å². The van der Waals surface area contributed by atoms with Gasteiger partial charge in [-0.3, -0.25) is 4.79 Å². The highest BCUT2D eigenvalue weighted by molar-refractivity contribution is 6.30. The van der Waals surface area contributed by atoms with Crippen LogP contribution in [0.1, 0.15) is 26.3 Å². The predicted octanol–water partition coefficient (Wildman–Crippen LogP) is 2.59. The van der Waals surface area contributed by atoms with Gasteiger partial charge in [-0.25, -0.2) is 0 Å². The van der Waals surface area contributed by atoms with Crippen molar-refractivity contribution >= 4 is 17.5 Å². The fourth-order valence-corrected chi connectivity index (χ4v) is 1.55. The predicted molar refractivity (Wildman–Crippen MR) is 75.6 cm³/mol. The van der Waals surface area contributed by atoms with Gasteiger partial charge >= 0.3 is 0 Å². The van der Waals surface area contributed by atoms with E-state index in [4.69, 9.17) is 11.6 Å². The Kier molecular flexibility index (Phi) is 6.16. The van der Waals surface area contributed by atoms with Crippen molar-refractivity contribution in [1.82, 2.24) is 10.6 Å². The molecule has 1 amide bonds. The molecule has 0 aromatic heterocycles. The van der Waals surface area contributed by atoms with Gasteiger partial charge in [-0.2, -0.15) is 0 Å². The molecule has 0 radical (unpaired) electrons. The quantitative estimate of drug-likeness (QED) is 0.833. The lowest BCUT2D eigenvalue weighted by atomic mass is 10.2. The molecule has 0 saturated carbocycles. The highest BCUT2D eigenvalue weighted by atomic mass is 35.5. The summed E-state index contributed by atoms with van der Waals surface area (Å²) in [7, 11) is 0. The van der Waals surface area contributed by atoms with Gasteiger partial charge in [-0.15, -0.1) is 0 Å². The zero-order chi connectivity index (χ0) is 13.5. The van der Waals surface area contributed by atoms with E-state index in [9.17, 15) is 4.79 Å².